The fourth-order valence-corrected chi connectivity index (χ4v) is 4.99. The molecule has 4 rings (SSSR count). The van der Waals surface area contributed by atoms with E-state index in [9.17, 15) is 26.4 Å². The molecule has 1 N–H and O–H groups in total. The van der Waals surface area contributed by atoms with Gasteiger partial charge in [0.05, 0.1) is 11.6 Å². The molecule has 14 heteroatoms. The van der Waals surface area contributed by atoms with Crippen LogP contribution in [0.2, 0.25) is 0 Å². The number of carbonyl (C=O) groups is 1. The van der Waals surface area contributed by atoms with Crippen LogP contribution in [0.15, 0.2) is 30.3 Å². The van der Waals surface area contributed by atoms with Crippen LogP contribution in [0.3, 0.4) is 0 Å². The van der Waals surface area contributed by atoms with E-state index in [1.807, 2.05) is 13.8 Å². The van der Waals surface area contributed by atoms with E-state index in [1.165, 1.54) is 18.2 Å². The number of rotatable bonds is 7. The number of hydrogen-bond acceptors (Lipinski definition) is 7. The number of sulfonamides is 1. The van der Waals surface area contributed by atoms with E-state index in [1.54, 1.807) is 16.8 Å². The van der Waals surface area contributed by atoms with E-state index >= 15 is 0 Å². The van der Waals surface area contributed by atoms with Crippen LogP contribution in [0.1, 0.15) is 41.4 Å². The molecular weight excluding hydrogens is 487 g/mol. The van der Waals surface area contributed by atoms with E-state index in [-0.39, 0.29) is 36.9 Å². The number of tetrazole rings is 1. The molecule has 0 saturated carbocycles. The summed E-state index contributed by atoms with van der Waals surface area (Å²) in [6.07, 6.45) is -2.87. The molecule has 186 valence electrons. The summed E-state index contributed by atoms with van der Waals surface area (Å²) < 4.78 is 66.9. The van der Waals surface area contributed by atoms with Gasteiger partial charge in [-0.15, -0.1) is 5.10 Å². The number of anilines is 1. The Labute approximate surface area is 199 Å². The lowest BCUT2D eigenvalue weighted by molar-refractivity contribution is 0.102. The van der Waals surface area contributed by atoms with Crippen molar-refractivity contribution >= 4 is 21.7 Å². The molecular formula is C21H22F3N7O3S. The molecule has 0 atom stereocenters. The van der Waals surface area contributed by atoms with Gasteiger partial charge in [0, 0.05) is 13.1 Å². The molecule has 0 radical (unpaired) electrons. The summed E-state index contributed by atoms with van der Waals surface area (Å²) in [7, 11) is -4.19. The minimum absolute atomic E-state index is 0.0336. The van der Waals surface area contributed by atoms with Gasteiger partial charge in [0.15, 0.2) is 0 Å². The Kier molecular flexibility index (Phi) is 6.85. The molecule has 1 aliphatic heterocycles. The average molecular weight is 510 g/mol. The lowest BCUT2D eigenvalue weighted by atomic mass is 9.97. The second-order valence-corrected chi connectivity index (χ2v) is 10.3. The van der Waals surface area contributed by atoms with Gasteiger partial charge in [-0.3, -0.25) is 4.79 Å². The Morgan fingerprint density at radius 2 is 1.97 bits per heavy atom. The van der Waals surface area contributed by atoms with Gasteiger partial charge in [-0.05, 0) is 66.1 Å². The Bertz CT molecular complexity index is 1360. The van der Waals surface area contributed by atoms with Crippen LogP contribution in [-0.4, -0.2) is 62.5 Å². The smallest absolute Gasteiger partial charge is 0.259 e. The molecule has 10 nitrogen and oxygen atoms in total. The van der Waals surface area contributed by atoms with E-state index in [4.69, 9.17) is 0 Å². The molecule has 3 aromatic rings. The van der Waals surface area contributed by atoms with Gasteiger partial charge in [0.25, 0.3) is 12.3 Å². The second-order valence-electron chi connectivity index (χ2n) is 8.26. The molecule has 0 unspecified atom stereocenters. The maximum absolute atomic E-state index is 14.7. The SMILES string of the molecule is CC(C)n1nnnc1-c1cccc(NC(=O)c2cc3c(cc2F)CCN(S(=O)(=O)CC(F)F)C3)n1. The van der Waals surface area contributed by atoms with Crippen molar-refractivity contribution in [3.63, 3.8) is 0 Å². The van der Waals surface area contributed by atoms with Crippen molar-refractivity contribution in [2.45, 2.75) is 39.3 Å². The van der Waals surface area contributed by atoms with E-state index in [0.29, 0.717) is 22.6 Å². The first kappa shape index (κ1) is 24.7. The van der Waals surface area contributed by atoms with Gasteiger partial charge < -0.3 is 5.32 Å². The number of nitrogens with zero attached hydrogens (tertiary/aromatic N) is 6. The molecule has 0 spiro atoms. The fourth-order valence-electron chi connectivity index (χ4n) is 3.75. The van der Waals surface area contributed by atoms with Crippen molar-refractivity contribution in [2.24, 2.45) is 0 Å². The summed E-state index contributed by atoms with van der Waals surface area (Å²) in [6.45, 7) is 3.52. The predicted octanol–water partition coefficient (Wildman–Crippen LogP) is 2.66. The number of amides is 1. The lowest BCUT2D eigenvalue weighted by Crippen LogP contribution is -2.39. The third-order valence-corrected chi connectivity index (χ3v) is 7.21. The first-order valence-electron chi connectivity index (χ1n) is 10.7. The highest BCUT2D eigenvalue weighted by Crippen LogP contribution is 2.26. The average Bonchev–Trinajstić information content (AvgIpc) is 3.28. The molecule has 0 bridgehead atoms. The summed E-state index contributed by atoms with van der Waals surface area (Å²) >= 11 is 0. The molecule has 0 saturated heterocycles. The number of benzene rings is 1. The predicted molar refractivity (Wildman–Crippen MR) is 120 cm³/mol. The maximum Gasteiger partial charge on any atom is 0.259 e. The van der Waals surface area contributed by atoms with Crippen molar-refractivity contribution in [3.8, 4) is 11.5 Å². The van der Waals surface area contributed by atoms with Crippen molar-refractivity contribution < 1.29 is 26.4 Å². The zero-order valence-corrected chi connectivity index (χ0v) is 19.6. The van der Waals surface area contributed by atoms with Crippen LogP contribution in [0.25, 0.3) is 11.5 Å². The zero-order valence-electron chi connectivity index (χ0n) is 18.8. The molecule has 1 aromatic carbocycles. The number of pyridine rings is 1. The third-order valence-electron chi connectivity index (χ3n) is 5.44. The first-order chi connectivity index (χ1) is 16.5. The molecule has 2 aromatic heterocycles. The monoisotopic (exact) mass is 509 g/mol. The number of alkyl halides is 2. The Hall–Kier alpha value is -3.39. The highest BCUT2D eigenvalue weighted by atomic mass is 32.2. The fraction of sp³-hybridized carbons (Fsp3) is 0.381. The Balaban J connectivity index is 1.57. The maximum atomic E-state index is 14.7. The topological polar surface area (TPSA) is 123 Å². The standard InChI is InChI=1S/C21H22F3N7O3S/c1-12(2)31-20(27-28-29-31)17-4-3-5-19(25-17)26-21(32)15-8-14-10-30(35(33,34)11-18(23)24)7-6-13(14)9-16(15)22/h3-5,8-9,12,18H,6-7,10-11H2,1-2H3,(H,25,26,32). The zero-order chi connectivity index (χ0) is 25.3. The van der Waals surface area contributed by atoms with Crippen LogP contribution in [0, 0.1) is 5.82 Å². The summed E-state index contributed by atoms with van der Waals surface area (Å²) in [5, 5.41) is 14.0. The molecule has 1 amide bonds. The number of carbonyl (C=O) groups excluding carboxylic acids is 1. The largest absolute Gasteiger partial charge is 0.306 e. The van der Waals surface area contributed by atoms with Crippen LogP contribution < -0.4 is 5.32 Å². The van der Waals surface area contributed by atoms with E-state index in [2.05, 4.69) is 25.8 Å². The van der Waals surface area contributed by atoms with Crippen molar-refractivity contribution in [2.75, 3.05) is 17.6 Å². The Morgan fingerprint density at radius 1 is 1.20 bits per heavy atom. The summed E-state index contributed by atoms with van der Waals surface area (Å²) in [4.78, 5) is 17.2. The molecule has 35 heavy (non-hydrogen) atoms. The number of fused-ring (bicyclic) bond motifs is 1. The minimum Gasteiger partial charge on any atom is -0.306 e. The first-order valence-corrected chi connectivity index (χ1v) is 12.3. The normalized spacial score (nSPS) is 14.4. The van der Waals surface area contributed by atoms with Gasteiger partial charge in [0.1, 0.15) is 23.1 Å². The third kappa shape index (κ3) is 5.32. The highest BCUT2D eigenvalue weighted by molar-refractivity contribution is 7.89. The lowest BCUT2D eigenvalue weighted by Gasteiger charge is -2.28. The van der Waals surface area contributed by atoms with Gasteiger partial charge in [-0.1, -0.05) is 6.07 Å². The number of hydrogen-bond donors (Lipinski definition) is 1. The van der Waals surface area contributed by atoms with Gasteiger partial charge in [-0.2, -0.15) is 4.31 Å². The second kappa shape index (κ2) is 9.70. The quantitative estimate of drug-likeness (QED) is 0.519. The van der Waals surface area contributed by atoms with Crippen LogP contribution in [-0.2, 0) is 23.0 Å². The van der Waals surface area contributed by atoms with Crippen molar-refractivity contribution in [3.05, 3.63) is 52.8 Å². The summed E-state index contributed by atoms with van der Waals surface area (Å²) in [5.41, 5.74) is 0.963. The number of aromatic nitrogens is 5. The summed E-state index contributed by atoms with van der Waals surface area (Å²) in [5.74, 6) is -2.36. The summed E-state index contributed by atoms with van der Waals surface area (Å²) in [6, 6.07) is 7.18. The van der Waals surface area contributed by atoms with E-state index in [0.717, 1.165) is 4.31 Å². The molecule has 0 fully saturated rings. The Morgan fingerprint density at radius 3 is 2.69 bits per heavy atom. The molecule has 3 heterocycles. The number of halogens is 3. The number of nitrogens with one attached hydrogen (secondary N) is 1. The van der Waals surface area contributed by atoms with Crippen molar-refractivity contribution in [1.29, 1.82) is 0 Å². The van der Waals surface area contributed by atoms with Gasteiger partial charge in [-0.25, -0.2) is 31.3 Å². The van der Waals surface area contributed by atoms with Crippen LogP contribution >= 0.6 is 0 Å². The van der Waals surface area contributed by atoms with Crippen LogP contribution in [0.4, 0.5) is 19.0 Å². The molecule has 1 aliphatic rings. The van der Waals surface area contributed by atoms with Crippen LogP contribution in [0.5, 0.6) is 0 Å². The van der Waals surface area contributed by atoms with Gasteiger partial charge in [0.2, 0.25) is 15.8 Å². The van der Waals surface area contributed by atoms with Gasteiger partial charge >= 0.3 is 0 Å². The van der Waals surface area contributed by atoms with E-state index < -0.39 is 33.9 Å². The van der Waals surface area contributed by atoms with Crippen molar-refractivity contribution in [1.82, 2.24) is 29.5 Å². The highest BCUT2D eigenvalue weighted by Gasteiger charge is 2.30. The molecule has 0 aliphatic carbocycles. The minimum atomic E-state index is -4.19.